The molecule has 0 fully saturated rings. The largest absolute Gasteiger partial charge is 0.486 e. The fraction of sp³-hybridized carbons (Fsp3) is 0.333. The summed E-state index contributed by atoms with van der Waals surface area (Å²) in [6.45, 7) is 0.842. The third-order valence-electron chi connectivity index (χ3n) is 1.91. The van der Waals surface area contributed by atoms with E-state index in [2.05, 4.69) is 0 Å². The Hall–Kier alpha value is -1.42. The van der Waals surface area contributed by atoms with Crippen LogP contribution in [0.4, 0.5) is 8.78 Å². The van der Waals surface area contributed by atoms with Gasteiger partial charge in [0, 0.05) is 13.7 Å². The summed E-state index contributed by atoms with van der Waals surface area (Å²) in [6, 6.07) is 3.85. The average molecular weight is 228 g/mol. The van der Waals surface area contributed by atoms with Crippen molar-refractivity contribution in [1.29, 1.82) is 0 Å². The molecule has 0 aliphatic rings. The van der Waals surface area contributed by atoms with Crippen molar-refractivity contribution in [1.82, 2.24) is 0 Å². The minimum atomic E-state index is -0.951. The molecule has 2 nitrogen and oxygen atoms in total. The van der Waals surface area contributed by atoms with Crippen LogP contribution in [-0.4, -0.2) is 20.3 Å². The van der Waals surface area contributed by atoms with Gasteiger partial charge in [-0.25, -0.2) is 4.39 Å². The fourth-order valence-electron chi connectivity index (χ4n) is 1.11. The molecule has 1 rings (SSSR count). The Morgan fingerprint density at radius 3 is 2.81 bits per heavy atom. The normalized spacial score (nSPS) is 10.9. The van der Waals surface area contributed by atoms with Gasteiger partial charge in [0.2, 0.25) is 5.82 Å². The third kappa shape index (κ3) is 3.98. The summed E-state index contributed by atoms with van der Waals surface area (Å²) in [5, 5.41) is 0. The van der Waals surface area contributed by atoms with Crippen molar-refractivity contribution in [3.8, 4) is 5.75 Å². The second-order valence-corrected chi connectivity index (χ2v) is 3.12. The van der Waals surface area contributed by atoms with Crippen LogP contribution >= 0.6 is 0 Å². The molecule has 0 heterocycles. The fourth-order valence-corrected chi connectivity index (χ4v) is 1.11. The van der Waals surface area contributed by atoms with Gasteiger partial charge in [-0.3, -0.25) is 0 Å². The van der Waals surface area contributed by atoms with E-state index < -0.39 is 11.6 Å². The summed E-state index contributed by atoms with van der Waals surface area (Å²) in [5.41, 5.74) is 0. The number of benzene rings is 1. The van der Waals surface area contributed by atoms with Crippen LogP contribution in [-0.2, 0) is 4.74 Å². The zero-order valence-electron chi connectivity index (χ0n) is 9.08. The first-order valence-corrected chi connectivity index (χ1v) is 4.96. The van der Waals surface area contributed by atoms with E-state index in [0.29, 0.717) is 6.61 Å². The van der Waals surface area contributed by atoms with Crippen LogP contribution in [0.15, 0.2) is 30.4 Å². The van der Waals surface area contributed by atoms with Gasteiger partial charge in [0.15, 0.2) is 11.6 Å². The van der Waals surface area contributed by atoms with Crippen molar-refractivity contribution in [3.63, 3.8) is 0 Å². The van der Waals surface area contributed by atoms with Crippen LogP contribution in [0.3, 0.4) is 0 Å². The maximum atomic E-state index is 13.1. The van der Waals surface area contributed by atoms with Gasteiger partial charge in [-0.2, -0.15) is 4.39 Å². The lowest BCUT2D eigenvalue weighted by Crippen LogP contribution is -1.97. The van der Waals surface area contributed by atoms with Crippen LogP contribution in [0, 0.1) is 11.6 Å². The first-order valence-electron chi connectivity index (χ1n) is 4.96. The lowest BCUT2D eigenvalue weighted by molar-refractivity contribution is 0.204. The van der Waals surface area contributed by atoms with Gasteiger partial charge in [0.25, 0.3) is 0 Å². The number of hydrogen-bond acceptors (Lipinski definition) is 2. The molecule has 0 amide bonds. The number of halogens is 2. The minimum Gasteiger partial charge on any atom is -0.486 e. The number of rotatable bonds is 6. The summed E-state index contributed by atoms with van der Waals surface area (Å²) >= 11 is 0. The van der Waals surface area contributed by atoms with E-state index in [1.54, 1.807) is 13.2 Å². The molecule has 0 aliphatic carbocycles. The van der Waals surface area contributed by atoms with Crippen molar-refractivity contribution in [2.45, 2.75) is 6.42 Å². The zero-order chi connectivity index (χ0) is 11.8. The van der Waals surface area contributed by atoms with Crippen LogP contribution in [0.25, 0.3) is 0 Å². The highest BCUT2D eigenvalue weighted by molar-refractivity contribution is 5.25. The molecule has 0 spiro atoms. The quantitative estimate of drug-likeness (QED) is 0.550. The van der Waals surface area contributed by atoms with Crippen molar-refractivity contribution in [2.75, 3.05) is 20.3 Å². The van der Waals surface area contributed by atoms with Crippen molar-refractivity contribution in [2.24, 2.45) is 0 Å². The second-order valence-electron chi connectivity index (χ2n) is 3.12. The number of hydrogen-bond donors (Lipinski definition) is 0. The first-order chi connectivity index (χ1) is 7.75. The van der Waals surface area contributed by atoms with Crippen molar-refractivity contribution < 1.29 is 18.3 Å². The number of methoxy groups -OCH3 is 1. The first kappa shape index (κ1) is 12.6. The smallest absolute Gasteiger partial charge is 0.200 e. The van der Waals surface area contributed by atoms with E-state index in [9.17, 15) is 8.78 Å². The standard InChI is InChI=1S/C12H14F2O2/c1-15-8-3-2-4-9-16-11-7-5-6-10(13)12(11)14/h2,4-7H,3,8-9H2,1H3/b4-2+. The summed E-state index contributed by atoms with van der Waals surface area (Å²) in [6.07, 6.45) is 4.37. The molecule has 0 bridgehead atoms. The van der Waals surface area contributed by atoms with Crippen molar-refractivity contribution >= 4 is 0 Å². The Morgan fingerprint density at radius 1 is 1.25 bits per heavy atom. The molecule has 0 atom stereocenters. The van der Waals surface area contributed by atoms with Gasteiger partial charge >= 0.3 is 0 Å². The molecular weight excluding hydrogens is 214 g/mol. The summed E-state index contributed by atoms with van der Waals surface area (Å²) < 4.78 is 35.7. The predicted octanol–water partition coefficient (Wildman–Crippen LogP) is 2.94. The second kappa shape index (κ2) is 6.95. The van der Waals surface area contributed by atoms with Gasteiger partial charge in [0.1, 0.15) is 6.61 Å². The highest BCUT2D eigenvalue weighted by atomic mass is 19.2. The van der Waals surface area contributed by atoms with E-state index in [1.165, 1.54) is 12.1 Å². The molecule has 0 aliphatic heterocycles. The summed E-state index contributed by atoms with van der Waals surface area (Å²) in [4.78, 5) is 0. The number of ether oxygens (including phenoxy) is 2. The van der Waals surface area contributed by atoms with E-state index in [1.807, 2.05) is 6.08 Å². The van der Waals surface area contributed by atoms with Crippen LogP contribution in [0.1, 0.15) is 6.42 Å². The lowest BCUT2D eigenvalue weighted by Gasteiger charge is -2.04. The molecule has 0 unspecified atom stereocenters. The average Bonchev–Trinajstić information content (AvgIpc) is 2.29. The molecule has 1 aromatic rings. The van der Waals surface area contributed by atoms with Gasteiger partial charge in [-0.1, -0.05) is 18.2 Å². The van der Waals surface area contributed by atoms with Crippen LogP contribution in [0.5, 0.6) is 5.75 Å². The van der Waals surface area contributed by atoms with E-state index in [0.717, 1.165) is 12.5 Å². The lowest BCUT2D eigenvalue weighted by atomic mass is 10.3. The zero-order valence-corrected chi connectivity index (χ0v) is 9.08. The summed E-state index contributed by atoms with van der Waals surface area (Å²) in [5.74, 6) is -1.93. The summed E-state index contributed by atoms with van der Waals surface area (Å²) in [7, 11) is 1.62. The third-order valence-corrected chi connectivity index (χ3v) is 1.91. The molecule has 1 aromatic carbocycles. The molecule has 0 aromatic heterocycles. The highest BCUT2D eigenvalue weighted by Gasteiger charge is 2.07. The molecule has 0 saturated carbocycles. The monoisotopic (exact) mass is 228 g/mol. The van der Waals surface area contributed by atoms with Crippen molar-refractivity contribution in [3.05, 3.63) is 42.0 Å². The Kier molecular flexibility index (Phi) is 5.50. The molecule has 4 heteroatoms. The Morgan fingerprint density at radius 2 is 2.06 bits per heavy atom. The SMILES string of the molecule is COCC/C=C/COc1cccc(F)c1F. The molecule has 16 heavy (non-hydrogen) atoms. The minimum absolute atomic E-state index is 0.0728. The van der Waals surface area contributed by atoms with Crippen LogP contribution < -0.4 is 4.74 Å². The maximum Gasteiger partial charge on any atom is 0.200 e. The van der Waals surface area contributed by atoms with Gasteiger partial charge in [-0.15, -0.1) is 0 Å². The predicted molar refractivity (Wildman–Crippen MR) is 57.5 cm³/mol. The van der Waals surface area contributed by atoms with Gasteiger partial charge < -0.3 is 9.47 Å². The molecule has 0 N–H and O–H groups in total. The molecule has 0 saturated heterocycles. The Balaban J connectivity index is 2.37. The van der Waals surface area contributed by atoms with Gasteiger partial charge in [-0.05, 0) is 18.6 Å². The Bertz CT molecular complexity index is 351. The van der Waals surface area contributed by atoms with Gasteiger partial charge in [0.05, 0.1) is 0 Å². The van der Waals surface area contributed by atoms with E-state index in [4.69, 9.17) is 9.47 Å². The highest BCUT2D eigenvalue weighted by Crippen LogP contribution is 2.18. The van der Waals surface area contributed by atoms with E-state index in [-0.39, 0.29) is 12.4 Å². The molecule has 88 valence electrons. The topological polar surface area (TPSA) is 18.5 Å². The Labute approximate surface area is 93.5 Å². The maximum absolute atomic E-state index is 13.1. The molecular formula is C12H14F2O2. The van der Waals surface area contributed by atoms with E-state index >= 15 is 0 Å². The molecule has 0 radical (unpaired) electrons. The van der Waals surface area contributed by atoms with Crippen LogP contribution in [0.2, 0.25) is 0 Å².